The summed E-state index contributed by atoms with van der Waals surface area (Å²) in [6.07, 6.45) is 0.325. The fraction of sp³-hybridized carbons (Fsp3) is 0.316. The van der Waals surface area contributed by atoms with Crippen molar-refractivity contribution in [1.29, 1.82) is 0 Å². The van der Waals surface area contributed by atoms with Crippen molar-refractivity contribution in [2.45, 2.75) is 18.2 Å². The highest BCUT2D eigenvalue weighted by molar-refractivity contribution is 7.92. The van der Waals surface area contributed by atoms with E-state index in [2.05, 4.69) is 5.32 Å². The molecule has 2 aromatic carbocycles. The lowest BCUT2D eigenvalue weighted by molar-refractivity contribution is 0.102. The predicted octanol–water partition coefficient (Wildman–Crippen LogP) is 2.59. The van der Waals surface area contributed by atoms with Gasteiger partial charge in [-0.3, -0.25) is 4.79 Å². The van der Waals surface area contributed by atoms with Crippen LogP contribution in [-0.4, -0.2) is 40.0 Å². The lowest BCUT2D eigenvalue weighted by Crippen LogP contribution is -2.18. The van der Waals surface area contributed by atoms with E-state index >= 15 is 0 Å². The molecule has 1 atom stereocenters. The number of carbonyl (C=O) groups is 1. The summed E-state index contributed by atoms with van der Waals surface area (Å²) in [6, 6.07) is 9.73. The molecular weight excluding hydrogens is 405 g/mol. The Labute approximate surface area is 163 Å². The van der Waals surface area contributed by atoms with Crippen molar-refractivity contribution in [3.8, 4) is 0 Å². The molecule has 0 aromatic heterocycles. The molecule has 6 nitrogen and oxygen atoms in total. The van der Waals surface area contributed by atoms with Crippen molar-refractivity contribution < 1.29 is 26.0 Å². The van der Waals surface area contributed by atoms with Gasteiger partial charge in [0.05, 0.1) is 22.2 Å². The number of benzene rings is 2. The number of anilines is 1. The normalized spacial score (nSPS) is 18.7. The molecule has 150 valence electrons. The maximum absolute atomic E-state index is 13.3. The van der Waals surface area contributed by atoms with Crippen LogP contribution in [-0.2, 0) is 19.7 Å². The third-order valence-electron chi connectivity index (χ3n) is 4.65. The standard InChI is InChI=1S/C19H20FNO5S2/c1-13-9-16(5-6-18(13)20)21-19(22)15-3-2-4-17(10-15)28(25,26)12-14-7-8-27(23,24)11-14/h2-6,9-10,14H,7-8,11-12H2,1H3,(H,21,22). The van der Waals surface area contributed by atoms with E-state index in [9.17, 15) is 26.0 Å². The van der Waals surface area contributed by atoms with Gasteiger partial charge >= 0.3 is 0 Å². The Morgan fingerprint density at radius 3 is 2.61 bits per heavy atom. The van der Waals surface area contributed by atoms with Gasteiger partial charge in [0.2, 0.25) is 0 Å². The second-order valence-electron chi connectivity index (χ2n) is 7.00. The number of hydrogen-bond donors (Lipinski definition) is 1. The Morgan fingerprint density at radius 2 is 1.96 bits per heavy atom. The van der Waals surface area contributed by atoms with Crippen molar-refractivity contribution in [2.75, 3.05) is 22.6 Å². The molecule has 1 unspecified atom stereocenters. The molecule has 1 saturated heterocycles. The fourth-order valence-corrected chi connectivity index (χ4v) is 6.87. The minimum atomic E-state index is -3.73. The Morgan fingerprint density at radius 1 is 1.21 bits per heavy atom. The number of halogens is 1. The maximum Gasteiger partial charge on any atom is 0.255 e. The van der Waals surface area contributed by atoms with Crippen LogP contribution in [0.2, 0.25) is 0 Å². The van der Waals surface area contributed by atoms with Gasteiger partial charge in [-0.15, -0.1) is 0 Å². The smallest absolute Gasteiger partial charge is 0.255 e. The van der Waals surface area contributed by atoms with E-state index in [0.717, 1.165) is 0 Å². The summed E-state index contributed by atoms with van der Waals surface area (Å²) in [6.45, 7) is 1.57. The number of sulfone groups is 2. The van der Waals surface area contributed by atoms with Gasteiger partial charge in [0.1, 0.15) is 5.82 Å². The van der Waals surface area contributed by atoms with Crippen LogP contribution in [0.4, 0.5) is 10.1 Å². The molecule has 0 aliphatic carbocycles. The first-order chi connectivity index (χ1) is 13.1. The van der Waals surface area contributed by atoms with E-state index in [1.54, 1.807) is 6.92 Å². The van der Waals surface area contributed by atoms with Crippen LogP contribution < -0.4 is 5.32 Å². The predicted molar refractivity (Wildman–Crippen MR) is 104 cm³/mol. The second kappa shape index (κ2) is 7.63. The van der Waals surface area contributed by atoms with Crippen LogP contribution in [0.5, 0.6) is 0 Å². The number of carbonyl (C=O) groups excluding carboxylic acids is 1. The summed E-state index contributed by atoms with van der Waals surface area (Å²) in [4.78, 5) is 12.4. The lowest BCUT2D eigenvalue weighted by atomic mass is 10.2. The first kappa shape index (κ1) is 20.5. The lowest BCUT2D eigenvalue weighted by Gasteiger charge is -2.11. The Kier molecular flexibility index (Phi) is 5.58. The van der Waals surface area contributed by atoms with Crippen molar-refractivity contribution in [2.24, 2.45) is 5.92 Å². The van der Waals surface area contributed by atoms with Crippen molar-refractivity contribution in [3.05, 3.63) is 59.4 Å². The number of nitrogens with one attached hydrogen (secondary N) is 1. The van der Waals surface area contributed by atoms with E-state index in [0.29, 0.717) is 17.7 Å². The minimum Gasteiger partial charge on any atom is -0.322 e. The van der Waals surface area contributed by atoms with Gasteiger partial charge < -0.3 is 5.32 Å². The molecule has 0 bridgehead atoms. The third-order valence-corrected chi connectivity index (χ3v) is 8.37. The van der Waals surface area contributed by atoms with Gasteiger partial charge in [0.25, 0.3) is 5.91 Å². The molecule has 1 aliphatic rings. The number of rotatable bonds is 5. The zero-order valence-electron chi connectivity index (χ0n) is 15.2. The highest BCUT2D eigenvalue weighted by Crippen LogP contribution is 2.24. The van der Waals surface area contributed by atoms with E-state index in [1.165, 1.54) is 42.5 Å². The zero-order valence-corrected chi connectivity index (χ0v) is 16.8. The van der Waals surface area contributed by atoms with Gasteiger partial charge in [0, 0.05) is 11.3 Å². The van der Waals surface area contributed by atoms with Gasteiger partial charge in [-0.05, 0) is 61.2 Å². The summed E-state index contributed by atoms with van der Waals surface area (Å²) in [5, 5.41) is 2.61. The molecule has 1 heterocycles. The number of amides is 1. The van der Waals surface area contributed by atoms with Crippen LogP contribution >= 0.6 is 0 Å². The molecule has 0 saturated carbocycles. The molecule has 9 heteroatoms. The molecule has 3 rings (SSSR count). The number of hydrogen-bond acceptors (Lipinski definition) is 5. The highest BCUT2D eigenvalue weighted by Gasteiger charge is 2.32. The van der Waals surface area contributed by atoms with E-state index < -0.39 is 31.5 Å². The minimum absolute atomic E-state index is 0.00667. The van der Waals surface area contributed by atoms with E-state index in [1.807, 2.05) is 0 Å². The topological polar surface area (TPSA) is 97.4 Å². The summed E-state index contributed by atoms with van der Waals surface area (Å²) in [5.74, 6) is -1.74. The van der Waals surface area contributed by atoms with Gasteiger partial charge in [0.15, 0.2) is 19.7 Å². The molecule has 1 fully saturated rings. The molecule has 1 aliphatic heterocycles. The summed E-state index contributed by atoms with van der Waals surface area (Å²) in [5.41, 5.74) is 0.913. The molecule has 0 radical (unpaired) electrons. The molecule has 1 N–H and O–H groups in total. The van der Waals surface area contributed by atoms with E-state index in [-0.39, 0.29) is 33.5 Å². The average molecular weight is 426 g/mol. The fourth-order valence-electron chi connectivity index (χ4n) is 3.17. The monoisotopic (exact) mass is 425 g/mol. The molecular formula is C19H20FNO5S2. The van der Waals surface area contributed by atoms with E-state index in [4.69, 9.17) is 0 Å². The van der Waals surface area contributed by atoms with Gasteiger partial charge in [-0.1, -0.05) is 6.07 Å². The van der Waals surface area contributed by atoms with Gasteiger partial charge in [-0.25, -0.2) is 21.2 Å². The summed E-state index contributed by atoms with van der Waals surface area (Å²) >= 11 is 0. The zero-order chi connectivity index (χ0) is 20.5. The van der Waals surface area contributed by atoms with Gasteiger partial charge in [-0.2, -0.15) is 0 Å². The number of aryl methyl sites for hydroxylation is 1. The molecule has 28 heavy (non-hydrogen) atoms. The van der Waals surface area contributed by atoms with Crippen LogP contribution in [0.25, 0.3) is 0 Å². The Hall–Kier alpha value is -2.26. The summed E-state index contributed by atoms with van der Waals surface area (Å²) < 4.78 is 61.7. The largest absolute Gasteiger partial charge is 0.322 e. The molecule has 2 aromatic rings. The summed E-state index contributed by atoms with van der Waals surface area (Å²) in [7, 11) is -6.90. The molecule has 0 spiro atoms. The Bertz CT molecular complexity index is 1130. The van der Waals surface area contributed by atoms with Crippen LogP contribution in [0.15, 0.2) is 47.4 Å². The maximum atomic E-state index is 13.3. The molecule has 1 amide bonds. The highest BCUT2D eigenvalue weighted by atomic mass is 32.2. The Balaban J connectivity index is 1.77. The quantitative estimate of drug-likeness (QED) is 0.794. The van der Waals surface area contributed by atoms with Crippen molar-refractivity contribution in [1.82, 2.24) is 0 Å². The third kappa shape index (κ3) is 4.77. The second-order valence-corrected chi connectivity index (χ2v) is 11.3. The van der Waals surface area contributed by atoms with Crippen LogP contribution in [0.1, 0.15) is 22.3 Å². The SMILES string of the molecule is Cc1cc(NC(=O)c2cccc(S(=O)(=O)CC3CCS(=O)(=O)C3)c2)ccc1F. The first-order valence-corrected chi connectivity index (χ1v) is 12.1. The van der Waals surface area contributed by atoms with Crippen molar-refractivity contribution >= 4 is 31.3 Å². The van der Waals surface area contributed by atoms with Crippen molar-refractivity contribution in [3.63, 3.8) is 0 Å². The first-order valence-electron chi connectivity index (χ1n) is 8.66. The van der Waals surface area contributed by atoms with Crippen LogP contribution in [0, 0.1) is 18.7 Å². The average Bonchev–Trinajstić information content (AvgIpc) is 2.96. The van der Waals surface area contributed by atoms with Crippen LogP contribution in [0.3, 0.4) is 0 Å².